The average Bonchev–Trinajstić information content (AvgIpc) is 2.85. The zero-order valence-corrected chi connectivity index (χ0v) is 9.81. The van der Waals surface area contributed by atoms with E-state index in [2.05, 4.69) is 15.6 Å². The van der Waals surface area contributed by atoms with E-state index < -0.39 is 11.6 Å². The van der Waals surface area contributed by atoms with E-state index in [0.717, 1.165) is 13.0 Å². The first-order valence-corrected chi connectivity index (χ1v) is 5.75. The fourth-order valence-electron chi connectivity index (χ4n) is 1.63. The summed E-state index contributed by atoms with van der Waals surface area (Å²) in [5.74, 6) is -1.03. The highest BCUT2D eigenvalue weighted by Gasteiger charge is 2.06. The number of aromatic nitrogens is 3. The Kier molecular flexibility index (Phi) is 4.35. The lowest BCUT2D eigenvalue weighted by molar-refractivity contribution is 0.507. The van der Waals surface area contributed by atoms with Crippen LogP contribution in [0.4, 0.5) is 8.78 Å². The molecule has 96 valence electrons. The molecule has 0 aliphatic carbocycles. The Hall–Kier alpha value is -1.82. The van der Waals surface area contributed by atoms with Gasteiger partial charge in [0.25, 0.3) is 0 Å². The predicted octanol–water partition coefficient (Wildman–Crippen LogP) is 1.74. The number of benzene rings is 1. The zero-order valence-electron chi connectivity index (χ0n) is 9.81. The van der Waals surface area contributed by atoms with Gasteiger partial charge in [0.1, 0.15) is 11.6 Å². The summed E-state index contributed by atoms with van der Waals surface area (Å²) in [5, 5.41) is 10.5. The SMILES string of the molecule is Fc1cccc(F)c1CNCCCn1ccnn1. The maximum atomic E-state index is 13.3. The molecule has 0 radical (unpaired) electrons. The van der Waals surface area contributed by atoms with Crippen LogP contribution in [0.1, 0.15) is 12.0 Å². The van der Waals surface area contributed by atoms with Crippen molar-refractivity contribution in [2.75, 3.05) is 6.54 Å². The van der Waals surface area contributed by atoms with Gasteiger partial charge >= 0.3 is 0 Å². The maximum absolute atomic E-state index is 13.3. The molecule has 1 N–H and O–H groups in total. The average molecular weight is 252 g/mol. The minimum absolute atomic E-state index is 0.0817. The van der Waals surface area contributed by atoms with Crippen LogP contribution in [0.3, 0.4) is 0 Å². The summed E-state index contributed by atoms with van der Waals surface area (Å²) in [6, 6.07) is 3.88. The van der Waals surface area contributed by atoms with Gasteiger partial charge in [0.05, 0.1) is 6.20 Å². The molecular formula is C12H14F2N4. The summed E-state index contributed by atoms with van der Waals surface area (Å²) in [6.07, 6.45) is 4.21. The lowest BCUT2D eigenvalue weighted by Gasteiger charge is -2.07. The third kappa shape index (κ3) is 3.33. The zero-order chi connectivity index (χ0) is 12.8. The lowest BCUT2D eigenvalue weighted by atomic mass is 10.2. The molecule has 0 atom stereocenters. The highest BCUT2D eigenvalue weighted by atomic mass is 19.1. The van der Waals surface area contributed by atoms with Crippen LogP contribution in [-0.4, -0.2) is 21.5 Å². The number of nitrogens with one attached hydrogen (secondary N) is 1. The van der Waals surface area contributed by atoms with E-state index in [4.69, 9.17) is 0 Å². The fraction of sp³-hybridized carbons (Fsp3) is 0.333. The minimum Gasteiger partial charge on any atom is -0.312 e. The number of hydrogen-bond acceptors (Lipinski definition) is 3. The topological polar surface area (TPSA) is 42.7 Å². The van der Waals surface area contributed by atoms with Crippen molar-refractivity contribution in [3.8, 4) is 0 Å². The predicted molar refractivity (Wildman–Crippen MR) is 62.7 cm³/mol. The Labute approximate surface area is 104 Å². The van der Waals surface area contributed by atoms with Crippen LogP contribution in [0, 0.1) is 11.6 Å². The van der Waals surface area contributed by atoms with Gasteiger partial charge in [-0.2, -0.15) is 0 Å². The molecule has 0 aliphatic heterocycles. The second kappa shape index (κ2) is 6.20. The molecular weight excluding hydrogens is 238 g/mol. The van der Waals surface area contributed by atoms with Gasteiger partial charge in [-0.05, 0) is 25.1 Å². The van der Waals surface area contributed by atoms with Crippen LogP contribution in [0.2, 0.25) is 0 Å². The standard InChI is InChI=1S/C12H14F2N4/c13-11-3-1-4-12(14)10(11)9-15-5-2-7-18-8-6-16-17-18/h1,3-4,6,8,15H,2,5,7,9H2. The number of nitrogens with zero attached hydrogens (tertiary/aromatic N) is 3. The molecule has 0 spiro atoms. The summed E-state index contributed by atoms with van der Waals surface area (Å²) in [6.45, 7) is 1.58. The third-order valence-corrected chi connectivity index (χ3v) is 2.58. The molecule has 2 aromatic rings. The lowest BCUT2D eigenvalue weighted by Crippen LogP contribution is -2.18. The molecule has 2 rings (SSSR count). The van der Waals surface area contributed by atoms with Gasteiger partial charge in [-0.25, -0.2) is 8.78 Å². The largest absolute Gasteiger partial charge is 0.312 e. The maximum Gasteiger partial charge on any atom is 0.130 e. The van der Waals surface area contributed by atoms with Crippen molar-refractivity contribution in [2.24, 2.45) is 0 Å². The Morgan fingerprint density at radius 3 is 2.67 bits per heavy atom. The van der Waals surface area contributed by atoms with Gasteiger partial charge in [0.2, 0.25) is 0 Å². The van der Waals surface area contributed by atoms with E-state index in [9.17, 15) is 8.78 Å². The van der Waals surface area contributed by atoms with Gasteiger partial charge in [0.15, 0.2) is 0 Å². The van der Waals surface area contributed by atoms with Crippen LogP contribution >= 0.6 is 0 Å². The van der Waals surface area contributed by atoms with Gasteiger partial charge in [-0.3, -0.25) is 4.68 Å². The smallest absolute Gasteiger partial charge is 0.130 e. The molecule has 1 aromatic carbocycles. The molecule has 4 nitrogen and oxygen atoms in total. The molecule has 1 heterocycles. The number of rotatable bonds is 6. The van der Waals surface area contributed by atoms with Crippen molar-refractivity contribution >= 4 is 0 Å². The summed E-state index contributed by atoms with van der Waals surface area (Å²) < 4.78 is 28.3. The molecule has 0 unspecified atom stereocenters. The molecule has 0 amide bonds. The van der Waals surface area contributed by atoms with Gasteiger partial charge in [-0.15, -0.1) is 5.10 Å². The summed E-state index contributed by atoms with van der Waals surface area (Å²) in [4.78, 5) is 0. The Balaban J connectivity index is 1.72. The molecule has 1 aromatic heterocycles. The van der Waals surface area contributed by atoms with E-state index in [1.807, 2.05) is 0 Å². The van der Waals surface area contributed by atoms with Crippen LogP contribution in [0.25, 0.3) is 0 Å². The van der Waals surface area contributed by atoms with Crippen LogP contribution in [0.15, 0.2) is 30.6 Å². The van der Waals surface area contributed by atoms with Crippen molar-refractivity contribution in [1.82, 2.24) is 20.3 Å². The van der Waals surface area contributed by atoms with Crippen LogP contribution in [-0.2, 0) is 13.1 Å². The van der Waals surface area contributed by atoms with Gasteiger partial charge in [-0.1, -0.05) is 11.3 Å². The molecule has 0 aliphatic rings. The second-order valence-corrected chi connectivity index (χ2v) is 3.90. The Bertz CT molecular complexity index is 465. The van der Waals surface area contributed by atoms with E-state index >= 15 is 0 Å². The van der Waals surface area contributed by atoms with E-state index in [1.165, 1.54) is 18.2 Å². The number of halogens is 2. The quantitative estimate of drug-likeness (QED) is 0.796. The monoisotopic (exact) mass is 252 g/mol. The van der Waals surface area contributed by atoms with Crippen molar-refractivity contribution in [3.05, 3.63) is 47.8 Å². The van der Waals surface area contributed by atoms with Crippen molar-refractivity contribution < 1.29 is 8.78 Å². The first kappa shape index (κ1) is 12.6. The Morgan fingerprint density at radius 2 is 2.00 bits per heavy atom. The number of hydrogen-bond donors (Lipinski definition) is 1. The summed E-state index contributed by atoms with van der Waals surface area (Å²) >= 11 is 0. The van der Waals surface area contributed by atoms with Crippen molar-refractivity contribution in [2.45, 2.75) is 19.5 Å². The fourth-order valence-corrected chi connectivity index (χ4v) is 1.63. The van der Waals surface area contributed by atoms with Crippen LogP contribution < -0.4 is 5.32 Å². The minimum atomic E-state index is -0.515. The normalized spacial score (nSPS) is 10.8. The van der Waals surface area contributed by atoms with Crippen LogP contribution in [0.5, 0.6) is 0 Å². The molecule has 0 fully saturated rings. The highest BCUT2D eigenvalue weighted by molar-refractivity contribution is 5.19. The first-order chi connectivity index (χ1) is 8.77. The molecule has 18 heavy (non-hydrogen) atoms. The van der Waals surface area contributed by atoms with E-state index in [1.54, 1.807) is 17.1 Å². The van der Waals surface area contributed by atoms with Gasteiger partial charge < -0.3 is 5.32 Å². The molecule has 0 saturated carbocycles. The Morgan fingerprint density at radius 1 is 1.22 bits per heavy atom. The summed E-state index contributed by atoms with van der Waals surface area (Å²) in [5.41, 5.74) is 0.0817. The van der Waals surface area contributed by atoms with Crippen molar-refractivity contribution in [1.29, 1.82) is 0 Å². The van der Waals surface area contributed by atoms with Gasteiger partial charge in [0, 0.05) is 24.8 Å². The molecule has 0 bridgehead atoms. The first-order valence-electron chi connectivity index (χ1n) is 5.75. The molecule has 0 saturated heterocycles. The molecule has 6 heteroatoms. The highest BCUT2D eigenvalue weighted by Crippen LogP contribution is 2.11. The van der Waals surface area contributed by atoms with Crippen molar-refractivity contribution in [3.63, 3.8) is 0 Å². The third-order valence-electron chi connectivity index (χ3n) is 2.58. The summed E-state index contributed by atoms with van der Waals surface area (Å²) in [7, 11) is 0. The second-order valence-electron chi connectivity index (χ2n) is 3.90. The van der Waals surface area contributed by atoms with E-state index in [0.29, 0.717) is 6.54 Å². The number of aryl methyl sites for hydroxylation is 1. The van der Waals surface area contributed by atoms with E-state index in [-0.39, 0.29) is 12.1 Å².